The van der Waals surface area contributed by atoms with Crippen molar-refractivity contribution < 1.29 is 18.0 Å². The van der Waals surface area contributed by atoms with E-state index in [1.54, 1.807) is 24.4 Å². The largest absolute Gasteiger partial charge is 0.418 e. The van der Waals surface area contributed by atoms with Crippen LogP contribution in [-0.2, 0) is 13.2 Å². The summed E-state index contributed by atoms with van der Waals surface area (Å²) in [4.78, 5) is 29.7. The Kier molecular flexibility index (Phi) is 3.95. The zero-order chi connectivity index (χ0) is 20.1. The van der Waals surface area contributed by atoms with Crippen molar-refractivity contribution >= 4 is 28.3 Å². The van der Waals surface area contributed by atoms with Gasteiger partial charge >= 0.3 is 6.18 Å². The molecule has 0 bridgehead atoms. The maximum Gasteiger partial charge on any atom is 0.418 e. The fraction of sp³-hybridized carbons (Fsp3) is 0.105. The molecule has 0 saturated carbocycles. The summed E-state index contributed by atoms with van der Waals surface area (Å²) in [6.45, 7) is 0. The molecule has 1 aromatic carbocycles. The van der Waals surface area contributed by atoms with Crippen molar-refractivity contribution in [2.45, 2.75) is 6.18 Å². The molecule has 28 heavy (non-hydrogen) atoms. The van der Waals surface area contributed by atoms with E-state index in [4.69, 9.17) is 0 Å². The Balaban J connectivity index is 1.81. The van der Waals surface area contributed by atoms with Crippen LogP contribution in [0.4, 0.5) is 18.9 Å². The summed E-state index contributed by atoms with van der Waals surface area (Å²) in [6.07, 6.45) is -3.06. The predicted molar refractivity (Wildman–Crippen MR) is 97.3 cm³/mol. The van der Waals surface area contributed by atoms with Gasteiger partial charge in [-0.15, -0.1) is 0 Å². The Morgan fingerprint density at radius 2 is 1.82 bits per heavy atom. The number of hydrogen-bond acceptors (Lipinski definition) is 3. The van der Waals surface area contributed by atoms with Crippen molar-refractivity contribution in [2.75, 3.05) is 5.32 Å². The van der Waals surface area contributed by atoms with Crippen LogP contribution in [0.1, 0.15) is 16.1 Å². The molecule has 0 aliphatic rings. The smallest absolute Gasteiger partial charge is 0.324 e. The number of hydrogen-bond donors (Lipinski definition) is 1. The Labute approximate surface area is 155 Å². The molecular formula is C19H13F3N4O2. The Morgan fingerprint density at radius 1 is 1.11 bits per heavy atom. The molecule has 3 aromatic heterocycles. The second kappa shape index (κ2) is 6.22. The van der Waals surface area contributed by atoms with E-state index in [2.05, 4.69) is 10.3 Å². The highest BCUT2D eigenvalue weighted by Crippen LogP contribution is 2.34. The number of pyridine rings is 1. The average molecular weight is 386 g/mol. The molecule has 0 spiro atoms. The highest BCUT2D eigenvalue weighted by molar-refractivity contribution is 6.06. The van der Waals surface area contributed by atoms with Gasteiger partial charge in [-0.05, 0) is 30.3 Å². The minimum atomic E-state index is -4.61. The summed E-state index contributed by atoms with van der Waals surface area (Å²) in [6, 6.07) is 11.1. The highest BCUT2D eigenvalue weighted by Gasteiger charge is 2.33. The number of nitrogens with one attached hydrogen (secondary N) is 1. The van der Waals surface area contributed by atoms with Gasteiger partial charge < -0.3 is 9.88 Å². The zero-order valence-electron chi connectivity index (χ0n) is 14.5. The maximum atomic E-state index is 13.2. The number of carbonyl (C=O) groups excluding carboxylic acids is 1. The van der Waals surface area contributed by atoms with Gasteiger partial charge in [0.15, 0.2) is 0 Å². The lowest BCUT2D eigenvalue weighted by atomic mass is 10.1. The van der Waals surface area contributed by atoms with E-state index in [-0.39, 0.29) is 28.0 Å². The van der Waals surface area contributed by atoms with Gasteiger partial charge in [0, 0.05) is 13.2 Å². The molecular weight excluding hydrogens is 373 g/mol. The topological polar surface area (TPSA) is 68.4 Å². The number of fused-ring (bicyclic) bond motifs is 2. The van der Waals surface area contributed by atoms with Gasteiger partial charge in [-0.2, -0.15) is 13.2 Å². The number of carbonyl (C=O) groups is 1. The number of halogens is 3. The number of benzene rings is 1. The Morgan fingerprint density at radius 3 is 2.57 bits per heavy atom. The van der Waals surface area contributed by atoms with Crippen LogP contribution in [0, 0.1) is 0 Å². The van der Waals surface area contributed by atoms with E-state index >= 15 is 0 Å². The summed E-state index contributed by atoms with van der Waals surface area (Å²) < 4.78 is 42.2. The molecule has 0 aliphatic carbocycles. The zero-order valence-corrected chi connectivity index (χ0v) is 14.5. The summed E-state index contributed by atoms with van der Waals surface area (Å²) in [5.74, 6) is -0.773. The van der Waals surface area contributed by atoms with E-state index in [0.29, 0.717) is 5.65 Å². The summed E-state index contributed by atoms with van der Waals surface area (Å²) in [5.41, 5.74) is -0.995. The molecule has 1 N–H and O–H groups in total. The predicted octanol–water partition coefficient (Wildman–Crippen LogP) is 3.46. The maximum absolute atomic E-state index is 13.2. The minimum absolute atomic E-state index is 0.0208. The number of rotatable bonds is 2. The Bertz CT molecular complexity index is 1290. The first-order valence-corrected chi connectivity index (χ1v) is 8.22. The van der Waals surface area contributed by atoms with E-state index in [9.17, 15) is 22.8 Å². The molecule has 4 aromatic rings. The third kappa shape index (κ3) is 2.81. The monoisotopic (exact) mass is 386 g/mol. The van der Waals surface area contributed by atoms with Crippen LogP contribution in [0.5, 0.6) is 0 Å². The van der Waals surface area contributed by atoms with Gasteiger partial charge in [0.25, 0.3) is 11.5 Å². The second-order valence-corrected chi connectivity index (χ2v) is 6.17. The van der Waals surface area contributed by atoms with E-state index in [1.165, 1.54) is 40.3 Å². The van der Waals surface area contributed by atoms with Crippen LogP contribution >= 0.6 is 0 Å². The lowest BCUT2D eigenvalue weighted by molar-refractivity contribution is -0.136. The molecule has 9 heteroatoms. The lowest BCUT2D eigenvalue weighted by Gasteiger charge is -2.13. The number of amides is 1. The summed E-state index contributed by atoms with van der Waals surface area (Å²) in [5, 5.41) is 2.47. The molecule has 0 atom stereocenters. The minimum Gasteiger partial charge on any atom is -0.324 e. The van der Waals surface area contributed by atoms with Gasteiger partial charge in [-0.25, -0.2) is 4.98 Å². The van der Waals surface area contributed by atoms with Crippen LogP contribution in [0.3, 0.4) is 0 Å². The van der Waals surface area contributed by atoms with Crippen molar-refractivity contribution in [3.8, 4) is 0 Å². The average Bonchev–Trinajstić information content (AvgIpc) is 2.99. The summed E-state index contributed by atoms with van der Waals surface area (Å²) in [7, 11) is 1.53. The SMILES string of the molecule is Cn1c(C(=O)Nc2ccccc2C(F)(F)F)cc2c(=O)n3ccccc3nc21. The van der Waals surface area contributed by atoms with Crippen molar-refractivity contribution in [1.82, 2.24) is 14.0 Å². The first-order chi connectivity index (χ1) is 13.3. The van der Waals surface area contributed by atoms with Crippen molar-refractivity contribution in [3.05, 3.63) is 76.3 Å². The van der Waals surface area contributed by atoms with Crippen LogP contribution in [0.2, 0.25) is 0 Å². The standard InChI is InChI=1S/C19H13F3N4O2/c1-25-14(17(27)23-13-7-3-2-6-12(13)19(20,21)22)10-11-16(25)24-15-8-4-5-9-26(15)18(11)28/h2-10H,1H3,(H,23,27). The number of aromatic nitrogens is 3. The molecule has 0 unspecified atom stereocenters. The van der Waals surface area contributed by atoms with Crippen molar-refractivity contribution in [2.24, 2.45) is 7.05 Å². The quantitative estimate of drug-likeness (QED) is 0.574. The van der Waals surface area contributed by atoms with Crippen LogP contribution < -0.4 is 10.9 Å². The van der Waals surface area contributed by atoms with Gasteiger partial charge in [0.2, 0.25) is 0 Å². The fourth-order valence-corrected chi connectivity index (χ4v) is 3.06. The molecule has 0 aliphatic heterocycles. The Hall–Kier alpha value is -3.62. The van der Waals surface area contributed by atoms with Gasteiger partial charge in [-0.3, -0.25) is 14.0 Å². The van der Waals surface area contributed by atoms with E-state index in [0.717, 1.165) is 6.07 Å². The third-order valence-electron chi connectivity index (χ3n) is 4.42. The molecule has 0 radical (unpaired) electrons. The normalized spacial score (nSPS) is 11.9. The van der Waals surface area contributed by atoms with Crippen molar-refractivity contribution in [1.29, 1.82) is 0 Å². The van der Waals surface area contributed by atoms with Gasteiger partial charge in [0.05, 0.1) is 16.6 Å². The first-order valence-electron chi connectivity index (χ1n) is 8.22. The number of nitrogens with zero attached hydrogens (tertiary/aromatic N) is 3. The molecule has 4 rings (SSSR count). The van der Waals surface area contributed by atoms with Gasteiger partial charge in [-0.1, -0.05) is 18.2 Å². The molecule has 0 saturated heterocycles. The van der Waals surface area contributed by atoms with Gasteiger partial charge in [0.1, 0.15) is 17.0 Å². The number of para-hydroxylation sites is 1. The van der Waals surface area contributed by atoms with Crippen LogP contribution in [0.25, 0.3) is 16.7 Å². The second-order valence-electron chi connectivity index (χ2n) is 6.17. The lowest BCUT2D eigenvalue weighted by Crippen LogP contribution is -2.18. The number of alkyl halides is 3. The fourth-order valence-electron chi connectivity index (χ4n) is 3.06. The highest BCUT2D eigenvalue weighted by atomic mass is 19.4. The molecule has 1 amide bonds. The van der Waals surface area contributed by atoms with Crippen LogP contribution in [-0.4, -0.2) is 19.9 Å². The first kappa shape index (κ1) is 17.8. The molecule has 6 nitrogen and oxygen atoms in total. The van der Waals surface area contributed by atoms with E-state index < -0.39 is 17.6 Å². The summed E-state index contributed by atoms with van der Waals surface area (Å²) >= 11 is 0. The van der Waals surface area contributed by atoms with Crippen molar-refractivity contribution in [3.63, 3.8) is 0 Å². The van der Waals surface area contributed by atoms with E-state index in [1.807, 2.05) is 0 Å². The molecule has 142 valence electrons. The number of anilines is 1. The van der Waals surface area contributed by atoms with Crippen LogP contribution in [0.15, 0.2) is 59.5 Å². The number of aryl methyl sites for hydroxylation is 1. The molecule has 3 heterocycles. The molecule has 0 fully saturated rings. The third-order valence-corrected chi connectivity index (χ3v) is 4.42.